The minimum atomic E-state index is -0.0823. The number of hydrogen-bond acceptors (Lipinski definition) is 1. The summed E-state index contributed by atoms with van der Waals surface area (Å²) in [6.07, 6.45) is 2.02. The van der Waals surface area contributed by atoms with Crippen LogP contribution in [0.15, 0.2) is 22.7 Å². The van der Waals surface area contributed by atoms with Gasteiger partial charge in [-0.2, -0.15) is 0 Å². The minimum absolute atomic E-state index is 0.0823. The van der Waals surface area contributed by atoms with Crippen molar-refractivity contribution in [1.29, 1.82) is 0 Å². The highest BCUT2D eigenvalue weighted by molar-refractivity contribution is 9.10. The molecule has 18 heavy (non-hydrogen) atoms. The molecule has 1 aromatic rings. The molecule has 3 heteroatoms. The fraction of sp³-hybridized carbons (Fsp3) is 0.467. The Balaban J connectivity index is 2.62. The summed E-state index contributed by atoms with van der Waals surface area (Å²) in [5, 5.41) is 10.8. The maximum Gasteiger partial charge on any atom is 0.138 e. The van der Waals surface area contributed by atoms with Crippen molar-refractivity contribution < 1.29 is 5.11 Å². The van der Waals surface area contributed by atoms with Crippen LogP contribution >= 0.6 is 27.5 Å². The average molecular weight is 330 g/mol. The van der Waals surface area contributed by atoms with Crippen LogP contribution in [-0.4, -0.2) is 5.11 Å². The van der Waals surface area contributed by atoms with Gasteiger partial charge in [-0.05, 0) is 37.3 Å². The zero-order chi connectivity index (χ0) is 13.7. The Morgan fingerprint density at radius 2 is 2.17 bits per heavy atom. The first-order valence-corrected chi connectivity index (χ1v) is 7.32. The van der Waals surface area contributed by atoms with Crippen molar-refractivity contribution in [3.63, 3.8) is 0 Å². The summed E-state index contributed by atoms with van der Waals surface area (Å²) in [7, 11) is 0. The van der Waals surface area contributed by atoms with E-state index in [1.807, 2.05) is 13.0 Å². The molecule has 0 saturated heterocycles. The predicted octanol–water partition coefficient (Wildman–Crippen LogP) is 5.36. The van der Waals surface area contributed by atoms with Gasteiger partial charge in [0.15, 0.2) is 0 Å². The molecule has 1 aliphatic carbocycles. The predicted molar refractivity (Wildman–Crippen MR) is 80.4 cm³/mol. The van der Waals surface area contributed by atoms with Crippen molar-refractivity contribution in [1.82, 2.24) is 0 Å². The summed E-state index contributed by atoms with van der Waals surface area (Å²) in [6, 6.07) is 2.01. The molecule has 98 valence electrons. The lowest BCUT2D eigenvalue weighted by Gasteiger charge is -2.31. The molecule has 0 radical (unpaired) electrons. The molecule has 1 aromatic carbocycles. The lowest BCUT2D eigenvalue weighted by molar-refractivity contribution is 0.369. The molecule has 0 bridgehead atoms. The zero-order valence-electron chi connectivity index (χ0n) is 11.0. The highest BCUT2D eigenvalue weighted by Crippen LogP contribution is 2.52. The highest BCUT2D eigenvalue weighted by atomic mass is 79.9. The van der Waals surface area contributed by atoms with Gasteiger partial charge in [0.1, 0.15) is 5.75 Å². The Kier molecular flexibility index (Phi) is 3.54. The molecule has 1 aliphatic rings. The molecule has 2 rings (SSSR count). The third-order valence-corrected chi connectivity index (χ3v) is 5.86. The quantitative estimate of drug-likeness (QED) is 0.688. The van der Waals surface area contributed by atoms with Gasteiger partial charge >= 0.3 is 0 Å². The van der Waals surface area contributed by atoms with Gasteiger partial charge < -0.3 is 5.11 Å². The van der Waals surface area contributed by atoms with Crippen molar-refractivity contribution in [2.24, 2.45) is 5.92 Å². The van der Waals surface area contributed by atoms with Gasteiger partial charge in [-0.25, -0.2) is 0 Å². The second-order valence-corrected chi connectivity index (χ2v) is 6.72. The summed E-state index contributed by atoms with van der Waals surface area (Å²) in [5.74, 6) is 0.579. The number of aromatic hydroxyl groups is 1. The van der Waals surface area contributed by atoms with Crippen molar-refractivity contribution in [3.05, 3.63) is 38.8 Å². The van der Waals surface area contributed by atoms with Gasteiger partial charge in [-0.1, -0.05) is 53.5 Å². The number of hydrogen-bond donors (Lipinski definition) is 1. The number of rotatable bonds is 1. The molecule has 0 aliphatic heterocycles. The van der Waals surface area contributed by atoms with Crippen molar-refractivity contribution in [2.75, 3.05) is 0 Å². The molecular formula is C15H18BrClO. The summed E-state index contributed by atoms with van der Waals surface area (Å²) in [5.41, 5.74) is 2.98. The van der Waals surface area contributed by atoms with E-state index in [-0.39, 0.29) is 11.2 Å². The summed E-state index contributed by atoms with van der Waals surface area (Å²) < 4.78 is 0.950. The summed E-state index contributed by atoms with van der Waals surface area (Å²) in [6.45, 7) is 10.4. The topological polar surface area (TPSA) is 20.2 Å². The van der Waals surface area contributed by atoms with E-state index < -0.39 is 0 Å². The van der Waals surface area contributed by atoms with E-state index in [0.29, 0.717) is 10.9 Å². The number of phenols is 1. The first-order valence-electron chi connectivity index (χ1n) is 6.14. The largest absolute Gasteiger partial charge is 0.506 e. The molecule has 1 N–H and O–H groups in total. The number of allylic oxidation sites excluding steroid dienone is 1. The van der Waals surface area contributed by atoms with E-state index in [9.17, 15) is 5.11 Å². The molecule has 0 amide bonds. The SMILES string of the molecule is C=C1CCC(C)(c2cc(Br)c(C)c(Cl)c2O)C1C. The number of halogens is 2. The van der Waals surface area contributed by atoms with Gasteiger partial charge in [0.05, 0.1) is 5.02 Å². The lowest BCUT2D eigenvalue weighted by atomic mass is 9.73. The fourth-order valence-corrected chi connectivity index (χ4v) is 3.56. The van der Waals surface area contributed by atoms with Gasteiger partial charge in [-0.3, -0.25) is 0 Å². The van der Waals surface area contributed by atoms with Crippen LogP contribution in [0.3, 0.4) is 0 Å². The molecule has 0 aromatic heterocycles. The van der Waals surface area contributed by atoms with Crippen LogP contribution in [0.25, 0.3) is 0 Å². The van der Waals surface area contributed by atoms with E-state index in [1.54, 1.807) is 0 Å². The van der Waals surface area contributed by atoms with Crippen molar-refractivity contribution >= 4 is 27.5 Å². The Bertz CT molecular complexity index is 524. The zero-order valence-corrected chi connectivity index (χ0v) is 13.3. The third kappa shape index (κ3) is 1.90. The molecule has 2 unspecified atom stereocenters. The Morgan fingerprint density at radius 1 is 1.56 bits per heavy atom. The van der Waals surface area contributed by atoms with Crippen molar-refractivity contribution in [3.8, 4) is 5.75 Å². The Morgan fingerprint density at radius 3 is 2.67 bits per heavy atom. The van der Waals surface area contributed by atoms with Crippen LogP contribution in [0.2, 0.25) is 5.02 Å². The molecule has 0 spiro atoms. The molecule has 1 fully saturated rings. The molecular weight excluding hydrogens is 312 g/mol. The highest BCUT2D eigenvalue weighted by Gasteiger charge is 2.41. The smallest absolute Gasteiger partial charge is 0.138 e. The Hall–Kier alpha value is -0.470. The first-order chi connectivity index (χ1) is 8.29. The van der Waals surface area contributed by atoms with Gasteiger partial charge in [-0.15, -0.1) is 0 Å². The second-order valence-electron chi connectivity index (χ2n) is 5.49. The average Bonchev–Trinajstić information content (AvgIpc) is 2.60. The van der Waals surface area contributed by atoms with Crippen LogP contribution in [0, 0.1) is 12.8 Å². The van der Waals surface area contributed by atoms with Gasteiger partial charge in [0.25, 0.3) is 0 Å². The lowest BCUT2D eigenvalue weighted by Crippen LogP contribution is -2.25. The Labute approximate surface area is 122 Å². The number of benzene rings is 1. The van der Waals surface area contributed by atoms with E-state index in [0.717, 1.165) is 28.4 Å². The van der Waals surface area contributed by atoms with E-state index in [2.05, 4.69) is 36.4 Å². The van der Waals surface area contributed by atoms with Gasteiger partial charge in [0, 0.05) is 15.5 Å². The number of phenolic OH excluding ortho intramolecular Hbond substituents is 1. The monoisotopic (exact) mass is 328 g/mol. The first kappa shape index (κ1) is 14.0. The summed E-state index contributed by atoms with van der Waals surface area (Å²) in [4.78, 5) is 0. The van der Waals surface area contributed by atoms with E-state index >= 15 is 0 Å². The molecule has 2 atom stereocenters. The molecule has 1 saturated carbocycles. The molecule has 0 heterocycles. The van der Waals surface area contributed by atoms with Crippen LogP contribution in [0.5, 0.6) is 5.75 Å². The maximum atomic E-state index is 10.4. The van der Waals surface area contributed by atoms with Crippen LogP contribution in [0.4, 0.5) is 0 Å². The van der Waals surface area contributed by atoms with Crippen molar-refractivity contribution in [2.45, 2.75) is 39.0 Å². The second kappa shape index (κ2) is 4.57. The van der Waals surface area contributed by atoms with E-state index in [4.69, 9.17) is 11.6 Å². The van der Waals surface area contributed by atoms with Crippen LogP contribution in [-0.2, 0) is 5.41 Å². The molecule has 1 nitrogen and oxygen atoms in total. The van der Waals surface area contributed by atoms with Crippen LogP contribution in [0.1, 0.15) is 37.8 Å². The fourth-order valence-electron chi connectivity index (χ4n) is 2.81. The maximum absolute atomic E-state index is 10.4. The van der Waals surface area contributed by atoms with Gasteiger partial charge in [0.2, 0.25) is 0 Å². The standard InChI is InChI=1S/C15H18BrClO/c1-8-5-6-15(4,10(8)3)11-7-12(16)9(2)13(17)14(11)18/h7,10,18H,1,5-6H2,2-4H3. The van der Waals surface area contributed by atoms with Crippen LogP contribution < -0.4 is 0 Å². The minimum Gasteiger partial charge on any atom is -0.506 e. The normalized spacial score (nSPS) is 27.8. The third-order valence-electron chi connectivity index (χ3n) is 4.57. The summed E-state index contributed by atoms with van der Waals surface area (Å²) >= 11 is 9.73. The van der Waals surface area contributed by atoms with E-state index in [1.165, 1.54) is 5.57 Å².